The summed E-state index contributed by atoms with van der Waals surface area (Å²) in [5.41, 5.74) is 9.65. The third-order valence-electron chi connectivity index (χ3n) is 4.60. The Balaban J connectivity index is 2.47. The van der Waals surface area contributed by atoms with Gasteiger partial charge in [0.2, 0.25) is 5.43 Å². The fraction of sp³-hybridized carbons (Fsp3) is 0.190. The Morgan fingerprint density at radius 1 is 1.12 bits per heavy atom. The van der Waals surface area contributed by atoms with Gasteiger partial charge in [0.1, 0.15) is 23.8 Å². The Hall–Kier alpha value is -3.66. The summed E-state index contributed by atoms with van der Waals surface area (Å²) in [6.07, 6.45) is 1.11. The van der Waals surface area contributed by atoms with Gasteiger partial charge in [0.25, 0.3) is 0 Å². The third-order valence-corrected chi connectivity index (χ3v) is 4.98. The van der Waals surface area contributed by atoms with Crippen molar-refractivity contribution in [3.63, 3.8) is 0 Å². The molecular weight excluding hydrogens is 448 g/mol. The Morgan fingerprint density at radius 3 is 2.44 bits per heavy atom. The van der Waals surface area contributed by atoms with Crippen LogP contribution in [-0.2, 0) is 20.9 Å². The summed E-state index contributed by atoms with van der Waals surface area (Å²) in [5, 5.41) is -0.581. The lowest BCUT2D eigenvalue weighted by molar-refractivity contribution is -0.142. The highest BCUT2D eigenvalue weighted by atomic mass is 35.5. The minimum absolute atomic E-state index is 0.0195. The summed E-state index contributed by atoms with van der Waals surface area (Å²) in [6, 6.07) is 3.07. The van der Waals surface area contributed by atoms with Crippen LogP contribution < -0.4 is 16.9 Å². The van der Waals surface area contributed by atoms with E-state index in [0.29, 0.717) is 0 Å². The SMILES string of the molecule is CCOC(=O)c1cn(-c2cc(N)c(F)cc2COC(C)=O)c2c(Cl)c(N)c(F)cc2c1=O. The van der Waals surface area contributed by atoms with Crippen LogP contribution in [0.4, 0.5) is 20.2 Å². The molecule has 1 heterocycles. The molecule has 0 saturated carbocycles. The van der Waals surface area contributed by atoms with Crippen LogP contribution in [0.25, 0.3) is 16.6 Å². The second-order valence-corrected chi connectivity index (χ2v) is 7.11. The summed E-state index contributed by atoms with van der Waals surface area (Å²) in [6.45, 7) is 2.33. The highest BCUT2D eigenvalue weighted by Crippen LogP contribution is 2.34. The van der Waals surface area contributed by atoms with Crippen molar-refractivity contribution in [3.05, 3.63) is 62.4 Å². The molecule has 0 aliphatic rings. The average Bonchev–Trinajstić information content (AvgIpc) is 2.73. The van der Waals surface area contributed by atoms with Gasteiger partial charge in [0.05, 0.1) is 39.6 Å². The summed E-state index contributed by atoms with van der Waals surface area (Å²) in [5.74, 6) is -3.35. The lowest BCUT2D eigenvalue weighted by atomic mass is 10.1. The average molecular weight is 466 g/mol. The van der Waals surface area contributed by atoms with Gasteiger partial charge in [-0.1, -0.05) is 11.6 Å². The molecule has 8 nitrogen and oxygen atoms in total. The second kappa shape index (κ2) is 8.83. The first-order valence-corrected chi connectivity index (χ1v) is 9.66. The predicted molar refractivity (Wildman–Crippen MR) is 115 cm³/mol. The first kappa shape index (κ1) is 23.0. The number of benzene rings is 2. The molecule has 2 aromatic carbocycles. The molecule has 0 saturated heterocycles. The number of pyridine rings is 1. The molecule has 0 fully saturated rings. The molecule has 0 aliphatic heterocycles. The van der Waals surface area contributed by atoms with Gasteiger partial charge < -0.3 is 25.5 Å². The minimum Gasteiger partial charge on any atom is -0.462 e. The largest absolute Gasteiger partial charge is 0.462 e. The zero-order chi connectivity index (χ0) is 23.7. The highest BCUT2D eigenvalue weighted by Gasteiger charge is 2.23. The number of nitrogens with zero attached hydrogens (tertiary/aromatic N) is 1. The van der Waals surface area contributed by atoms with Crippen molar-refractivity contribution >= 4 is 45.8 Å². The monoisotopic (exact) mass is 465 g/mol. The molecule has 0 amide bonds. The summed E-state index contributed by atoms with van der Waals surface area (Å²) in [7, 11) is 0. The fourth-order valence-electron chi connectivity index (χ4n) is 3.11. The van der Waals surface area contributed by atoms with Crippen molar-refractivity contribution in [3.8, 4) is 5.69 Å². The molecule has 0 radical (unpaired) electrons. The number of aromatic nitrogens is 1. The molecule has 0 aliphatic carbocycles. The molecule has 32 heavy (non-hydrogen) atoms. The minimum atomic E-state index is -0.967. The van der Waals surface area contributed by atoms with E-state index in [1.807, 2.05) is 0 Å². The van der Waals surface area contributed by atoms with E-state index in [2.05, 4.69) is 0 Å². The molecule has 4 N–H and O–H groups in total. The van der Waals surface area contributed by atoms with Crippen molar-refractivity contribution in [2.75, 3.05) is 18.1 Å². The first-order chi connectivity index (χ1) is 15.1. The Bertz CT molecular complexity index is 1320. The number of rotatable bonds is 5. The molecular formula is C21H18ClF2N3O5. The van der Waals surface area contributed by atoms with E-state index in [1.54, 1.807) is 6.92 Å². The Labute approximate surface area is 185 Å². The maximum absolute atomic E-state index is 14.3. The summed E-state index contributed by atoms with van der Waals surface area (Å²) in [4.78, 5) is 36.6. The second-order valence-electron chi connectivity index (χ2n) is 6.73. The number of nitrogen functional groups attached to an aromatic ring is 2. The van der Waals surface area contributed by atoms with Crippen molar-refractivity contribution in [2.45, 2.75) is 20.5 Å². The molecule has 0 unspecified atom stereocenters. The van der Waals surface area contributed by atoms with Crippen LogP contribution in [-0.4, -0.2) is 23.1 Å². The van der Waals surface area contributed by atoms with Crippen molar-refractivity contribution in [1.82, 2.24) is 4.57 Å². The van der Waals surface area contributed by atoms with E-state index in [4.69, 9.17) is 32.5 Å². The molecule has 11 heteroatoms. The van der Waals surface area contributed by atoms with E-state index >= 15 is 0 Å². The molecule has 0 atom stereocenters. The third kappa shape index (κ3) is 4.09. The zero-order valence-corrected chi connectivity index (χ0v) is 17.8. The van der Waals surface area contributed by atoms with Gasteiger partial charge >= 0.3 is 11.9 Å². The predicted octanol–water partition coefficient (Wildman–Crippen LogP) is 3.33. The lowest BCUT2D eigenvalue weighted by Crippen LogP contribution is -2.22. The van der Waals surface area contributed by atoms with Crippen molar-refractivity contribution < 1.29 is 27.8 Å². The van der Waals surface area contributed by atoms with E-state index in [9.17, 15) is 23.2 Å². The van der Waals surface area contributed by atoms with Gasteiger partial charge in [-0.3, -0.25) is 9.59 Å². The number of hydrogen-bond donors (Lipinski definition) is 2. The molecule has 168 valence electrons. The standard InChI is InChI=1S/C21H18ClF2N3O5/c1-3-31-21(30)12-7-27(19-11(20(12)29)5-14(24)18(26)17(19)22)16-6-15(25)13(23)4-10(16)8-32-9(2)28/h4-7H,3,8,25-26H2,1-2H3. The first-order valence-electron chi connectivity index (χ1n) is 9.28. The van der Waals surface area contributed by atoms with Crippen LogP contribution >= 0.6 is 11.6 Å². The number of anilines is 2. The number of hydrogen-bond acceptors (Lipinski definition) is 7. The van der Waals surface area contributed by atoms with Crippen molar-refractivity contribution in [2.24, 2.45) is 0 Å². The maximum atomic E-state index is 14.3. The molecule has 0 bridgehead atoms. The maximum Gasteiger partial charge on any atom is 0.343 e. The van der Waals surface area contributed by atoms with Crippen LogP contribution in [0.15, 0.2) is 29.2 Å². The topological polar surface area (TPSA) is 127 Å². The molecule has 0 spiro atoms. The number of esters is 2. The van der Waals surface area contributed by atoms with Gasteiger partial charge in [-0.15, -0.1) is 0 Å². The number of fused-ring (bicyclic) bond motifs is 1. The van der Waals surface area contributed by atoms with Crippen LogP contribution in [0.5, 0.6) is 0 Å². The van der Waals surface area contributed by atoms with Gasteiger partial charge in [-0.05, 0) is 25.1 Å². The van der Waals surface area contributed by atoms with Crippen LogP contribution in [0.2, 0.25) is 5.02 Å². The van der Waals surface area contributed by atoms with Gasteiger partial charge in [-0.2, -0.15) is 0 Å². The van der Waals surface area contributed by atoms with E-state index in [0.717, 1.165) is 18.3 Å². The number of carbonyl (C=O) groups is 2. The van der Waals surface area contributed by atoms with E-state index in [1.165, 1.54) is 17.6 Å². The molecule has 3 aromatic rings. The quantitative estimate of drug-likeness (QED) is 0.437. The summed E-state index contributed by atoms with van der Waals surface area (Å²) < 4.78 is 39.6. The van der Waals surface area contributed by atoms with E-state index < -0.39 is 40.3 Å². The van der Waals surface area contributed by atoms with E-state index in [-0.39, 0.29) is 46.1 Å². The number of nitrogens with two attached hydrogens (primary N) is 2. The molecule has 1 aromatic heterocycles. The molecule has 3 rings (SSSR count). The number of halogens is 3. The van der Waals surface area contributed by atoms with Gasteiger partial charge in [-0.25, -0.2) is 13.6 Å². The zero-order valence-electron chi connectivity index (χ0n) is 17.0. The smallest absolute Gasteiger partial charge is 0.343 e. The highest BCUT2D eigenvalue weighted by molar-refractivity contribution is 6.37. The Kier molecular flexibility index (Phi) is 6.35. The van der Waals surface area contributed by atoms with Gasteiger partial charge in [0, 0.05) is 18.7 Å². The summed E-state index contributed by atoms with van der Waals surface area (Å²) >= 11 is 6.27. The van der Waals surface area contributed by atoms with Crippen LogP contribution in [0.1, 0.15) is 29.8 Å². The fourth-order valence-corrected chi connectivity index (χ4v) is 3.40. The normalized spacial score (nSPS) is 10.9. The number of ether oxygens (including phenoxy) is 2. The lowest BCUT2D eigenvalue weighted by Gasteiger charge is -2.19. The van der Waals surface area contributed by atoms with Crippen molar-refractivity contribution in [1.29, 1.82) is 0 Å². The van der Waals surface area contributed by atoms with Crippen LogP contribution in [0.3, 0.4) is 0 Å². The van der Waals surface area contributed by atoms with Crippen LogP contribution in [0, 0.1) is 11.6 Å². The van der Waals surface area contributed by atoms with Gasteiger partial charge in [0.15, 0.2) is 0 Å². The Morgan fingerprint density at radius 2 is 1.81 bits per heavy atom. The number of carbonyl (C=O) groups excluding carboxylic acids is 2.